The molecule has 1 saturated heterocycles. The van der Waals surface area contributed by atoms with E-state index in [1.807, 2.05) is 35.8 Å². The molecule has 2 heterocycles. The van der Waals surface area contributed by atoms with Crippen LogP contribution in [0.4, 0.5) is 0 Å². The fourth-order valence-electron chi connectivity index (χ4n) is 3.08. The minimum absolute atomic E-state index is 0.0604. The Morgan fingerprint density at radius 1 is 1.42 bits per heavy atom. The van der Waals surface area contributed by atoms with Gasteiger partial charge in [-0.05, 0) is 38.8 Å². The smallest absolute Gasteiger partial charge is 0.249 e. The van der Waals surface area contributed by atoms with Crippen LogP contribution >= 0.6 is 0 Å². The Labute approximate surface area is 141 Å². The number of hydrogen-bond donors (Lipinski definition) is 1. The highest BCUT2D eigenvalue weighted by atomic mass is 16.5. The molecule has 1 aromatic heterocycles. The fraction of sp³-hybridized carbons (Fsp3) is 0.500. The summed E-state index contributed by atoms with van der Waals surface area (Å²) in [5.41, 5.74) is 1.81. The van der Waals surface area contributed by atoms with E-state index in [2.05, 4.69) is 10.3 Å². The summed E-state index contributed by atoms with van der Waals surface area (Å²) in [5, 5.41) is 2.91. The molecule has 0 radical (unpaired) electrons. The zero-order valence-electron chi connectivity index (χ0n) is 14.1. The monoisotopic (exact) mass is 329 g/mol. The molecule has 3 rings (SSSR count). The van der Waals surface area contributed by atoms with Crippen molar-refractivity contribution in [2.24, 2.45) is 0 Å². The predicted molar refractivity (Wildman–Crippen MR) is 90.8 cm³/mol. The van der Waals surface area contributed by atoms with E-state index >= 15 is 0 Å². The summed E-state index contributed by atoms with van der Waals surface area (Å²) in [7, 11) is 0. The van der Waals surface area contributed by atoms with Gasteiger partial charge in [0.15, 0.2) is 5.78 Å². The number of carbonyl (C=O) groups is 2. The Bertz CT molecular complexity index is 747. The SMILES string of the molecule is CC(=O)C(C)n1c(CCNC(=O)C2CCCO2)nc2ccccc21. The van der Waals surface area contributed by atoms with Crippen molar-refractivity contribution < 1.29 is 14.3 Å². The Morgan fingerprint density at radius 3 is 2.92 bits per heavy atom. The standard InChI is InChI=1S/C18H23N3O3/c1-12(13(2)22)21-15-7-4-3-6-14(15)20-17(21)9-10-19-18(23)16-8-5-11-24-16/h3-4,6-7,12,16H,5,8-11H2,1-2H3,(H,19,23). The van der Waals surface area contributed by atoms with Crippen LogP contribution in [0.5, 0.6) is 0 Å². The maximum absolute atomic E-state index is 12.0. The first-order chi connectivity index (χ1) is 11.6. The number of nitrogens with zero attached hydrogens (tertiary/aromatic N) is 2. The molecule has 6 nitrogen and oxygen atoms in total. The van der Waals surface area contributed by atoms with Gasteiger partial charge in [-0.1, -0.05) is 12.1 Å². The average molecular weight is 329 g/mol. The third-order valence-electron chi connectivity index (χ3n) is 4.51. The van der Waals surface area contributed by atoms with Gasteiger partial charge in [-0.2, -0.15) is 0 Å². The number of hydrogen-bond acceptors (Lipinski definition) is 4. The lowest BCUT2D eigenvalue weighted by molar-refractivity contribution is -0.130. The third kappa shape index (κ3) is 3.33. The first-order valence-electron chi connectivity index (χ1n) is 8.43. The Balaban J connectivity index is 1.74. The maximum Gasteiger partial charge on any atom is 0.249 e. The Morgan fingerprint density at radius 2 is 2.21 bits per heavy atom. The van der Waals surface area contributed by atoms with Crippen molar-refractivity contribution >= 4 is 22.7 Å². The second kappa shape index (κ2) is 7.13. The van der Waals surface area contributed by atoms with Crippen LogP contribution < -0.4 is 5.32 Å². The van der Waals surface area contributed by atoms with Gasteiger partial charge in [0.1, 0.15) is 11.9 Å². The highest BCUT2D eigenvalue weighted by Crippen LogP contribution is 2.22. The van der Waals surface area contributed by atoms with Crippen molar-refractivity contribution in [3.63, 3.8) is 0 Å². The molecule has 2 unspecified atom stereocenters. The van der Waals surface area contributed by atoms with E-state index in [0.717, 1.165) is 29.7 Å². The lowest BCUT2D eigenvalue weighted by Crippen LogP contribution is -2.35. The van der Waals surface area contributed by atoms with E-state index in [1.54, 1.807) is 6.92 Å². The molecule has 0 aliphatic carbocycles. The van der Waals surface area contributed by atoms with E-state index in [9.17, 15) is 9.59 Å². The molecule has 6 heteroatoms. The van der Waals surface area contributed by atoms with Gasteiger partial charge in [-0.15, -0.1) is 0 Å². The number of para-hydroxylation sites is 2. The Hall–Kier alpha value is -2.21. The minimum Gasteiger partial charge on any atom is -0.368 e. The minimum atomic E-state index is -0.319. The summed E-state index contributed by atoms with van der Waals surface area (Å²) in [6, 6.07) is 7.50. The van der Waals surface area contributed by atoms with Gasteiger partial charge in [-0.25, -0.2) is 4.98 Å². The van der Waals surface area contributed by atoms with Crippen LogP contribution in [-0.2, 0) is 20.7 Å². The topological polar surface area (TPSA) is 73.2 Å². The van der Waals surface area contributed by atoms with Crippen LogP contribution in [0.25, 0.3) is 11.0 Å². The van der Waals surface area contributed by atoms with Crippen molar-refractivity contribution in [3.8, 4) is 0 Å². The van der Waals surface area contributed by atoms with Crippen molar-refractivity contribution in [1.82, 2.24) is 14.9 Å². The maximum atomic E-state index is 12.0. The largest absolute Gasteiger partial charge is 0.368 e. The van der Waals surface area contributed by atoms with Gasteiger partial charge in [0, 0.05) is 19.6 Å². The molecule has 1 N–H and O–H groups in total. The number of imidazole rings is 1. The van der Waals surface area contributed by atoms with Gasteiger partial charge >= 0.3 is 0 Å². The zero-order valence-corrected chi connectivity index (χ0v) is 14.1. The number of rotatable bonds is 6. The quantitative estimate of drug-likeness (QED) is 0.880. The van der Waals surface area contributed by atoms with E-state index in [0.29, 0.717) is 19.6 Å². The van der Waals surface area contributed by atoms with Crippen molar-refractivity contribution in [3.05, 3.63) is 30.1 Å². The first kappa shape index (κ1) is 16.6. The molecular weight excluding hydrogens is 306 g/mol. The summed E-state index contributed by atoms with van der Waals surface area (Å²) in [6.45, 7) is 4.60. The van der Waals surface area contributed by atoms with E-state index in [-0.39, 0.29) is 23.8 Å². The molecule has 1 amide bonds. The van der Waals surface area contributed by atoms with E-state index < -0.39 is 0 Å². The highest BCUT2D eigenvalue weighted by Gasteiger charge is 2.23. The summed E-state index contributed by atoms with van der Waals surface area (Å²) in [5.74, 6) is 0.837. The van der Waals surface area contributed by atoms with Gasteiger partial charge < -0.3 is 14.6 Å². The first-order valence-corrected chi connectivity index (χ1v) is 8.43. The second-order valence-electron chi connectivity index (χ2n) is 6.22. The molecule has 24 heavy (non-hydrogen) atoms. The number of nitrogens with one attached hydrogen (secondary N) is 1. The number of benzene rings is 1. The zero-order chi connectivity index (χ0) is 17.1. The van der Waals surface area contributed by atoms with Crippen LogP contribution in [0.1, 0.15) is 38.6 Å². The number of carbonyl (C=O) groups excluding carboxylic acids is 2. The molecular formula is C18H23N3O3. The van der Waals surface area contributed by atoms with Crippen molar-refractivity contribution in [2.75, 3.05) is 13.2 Å². The van der Waals surface area contributed by atoms with Crippen LogP contribution in [0.3, 0.4) is 0 Å². The lowest BCUT2D eigenvalue weighted by atomic mass is 10.2. The van der Waals surface area contributed by atoms with E-state index in [1.165, 1.54) is 0 Å². The van der Waals surface area contributed by atoms with Gasteiger partial charge in [0.05, 0.1) is 17.1 Å². The van der Waals surface area contributed by atoms with Crippen LogP contribution in [0.2, 0.25) is 0 Å². The molecule has 1 aliphatic rings. The molecule has 2 aromatic rings. The summed E-state index contributed by atoms with van der Waals surface area (Å²) < 4.78 is 7.35. The summed E-state index contributed by atoms with van der Waals surface area (Å²) in [6.07, 6.45) is 1.97. The summed E-state index contributed by atoms with van der Waals surface area (Å²) >= 11 is 0. The molecule has 2 atom stereocenters. The third-order valence-corrected chi connectivity index (χ3v) is 4.51. The van der Waals surface area contributed by atoms with Gasteiger partial charge in [0.25, 0.3) is 0 Å². The number of ether oxygens (including phenoxy) is 1. The molecule has 128 valence electrons. The number of aromatic nitrogens is 2. The molecule has 1 aromatic carbocycles. The number of ketones is 1. The molecule has 1 fully saturated rings. The molecule has 0 saturated carbocycles. The van der Waals surface area contributed by atoms with Gasteiger partial charge in [-0.3, -0.25) is 9.59 Å². The number of amides is 1. The van der Waals surface area contributed by atoms with Crippen molar-refractivity contribution in [1.29, 1.82) is 0 Å². The second-order valence-corrected chi connectivity index (χ2v) is 6.22. The highest BCUT2D eigenvalue weighted by molar-refractivity contribution is 5.84. The lowest BCUT2D eigenvalue weighted by Gasteiger charge is -2.15. The molecule has 0 spiro atoms. The van der Waals surface area contributed by atoms with Gasteiger partial charge in [0.2, 0.25) is 5.91 Å². The van der Waals surface area contributed by atoms with Crippen LogP contribution in [0.15, 0.2) is 24.3 Å². The average Bonchev–Trinajstić information content (AvgIpc) is 3.21. The number of Topliss-reactive ketones (excluding diaryl/α,β-unsaturated/α-hetero) is 1. The normalized spacial score (nSPS) is 18.7. The molecule has 1 aliphatic heterocycles. The van der Waals surface area contributed by atoms with Crippen molar-refractivity contribution in [2.45, 2.75) is 45.3 Å². The fourth-order valence-corrected chi connectivity index (χ4v) is 3.08. The molecule has 0 bridgehead atoms. The Kier molecular flexibility index (Phi) is 4.94. The van der Waals surface area contributed by atoms with Crippen LogP contribution in [-0.4, -0.2) is 40.5 Å². The predicted octanol–water partition coefficient (Wildman–Crippen LogP) is 2.02. The number of fused-ring (bicyclic) bond motifs is 1. The van der Waals surface area contributed by atoms with E-state index in [4.69, 9.17) is 4.74 Å². The summed E-state index contributed by atoms with van der Waals surface area (Å²) in [4.78, 5) is 28.5. The van der Waals surface area contributed by atoms with Crippen LogP contribution in [0, 0.1) is 0 Å².